The van der Waals surface area contributed by atoms with Crippen LogP contribution < -0.4 is 15.0 Å². The molecule has 1 heterocycles. The molecular formula is C32H23ClN2O4. The SMILES string of the molecule is COc1ccc(Cl)cc1NC(=O)c1ccccc1N1C(=O)[C@@H]2C3c4ccccc4C(c4ccccc43)[C@@H]2C1=O. The van der Waals surface area contributed by atoms with Crippen LogP contribution in [0, 0.1) is 11.8 Å². The van der Waals surface area contributed by atoms with Gasteiger partial charge in [-0.2, -0.15) is 0 Å². The van der Waals surface area contributed by atoms with Gasteiger partial charge in [0.15, 0.2) is 0 Å². The van der Waals surface area contributed by atoms with Crippen molar-refractivity contribution in [1.29, 1.82) is 0 Å². The third kappa shape index (κ3) is 3.38. The second-order valence-electron chi connectivity index (χ2n) is 10.1. The van der Waals surface area contributed by atoms with Crippen LogP contribution in [0.25, 0.3) is 0 Å². The molecule has 7 heteroatoms. The summed E-state index contributed by atoms with van der Waals surface area (Å²) >= 11 is 6.15. The van der Waals surface area contributed by atoms with E-state index in [-0.39, 0.29) is 34.9 Å². The van der Waals surface area contributed by atoms with Crippen LogP contribution in [0.2, 0.25) is 5.02 Å². The molecule has 1 N–H and O–H groups in total. The van der Waals surface area contributed by atoms with E-state index < -0.39 is 17.7 Å². The fraction of sp³-hybridized carbons (Fsp3) is 0.156. The summed E-state index contributed by atoms with van der Waals surface area (Å²) < 4.78 is 5.37. The molecule has 0 saturated carbocycles. The normalized spacial score (nSPS) is 22.3. The van der Waals surface area contributed by atoms with Crippen molar-refractivity contribution in [2.24, 2.45) is 11.8 Å². The van der Waals surface area contributed by atoms with Gasteiger partial charge in [-0.3, -0.25) is 14.4 Å². The molecule has 4 aromatic rings. The summed E-state index contributed by atoms with van der Waals surface area (Å²) in [6.45, 7) is 0. The quantitative estimate of drug-likeness (QED) is 0.326. The number of methoxy groups -OCH3 is 1. The Hall–Kier alpha value is -4.42. The van der Waals surface area contributed by atoms with Crippen LogP contribution in [0.1, 0.15) is 44.4 Å². The monoisotopic (exact) mass is 534 g/mol. The molecule has 2 bridgehead atoms. The van der Waals surface area contributed by atoms with E-state index in [1.165, 1.54) is 12.0 Å². The van der Waals surface area contributed by atoms with Gasteiger partial charge < -0.3 is 10.1 Å². The van der Waals surface area contributed by atoms with Crippen molar-refractivity contribution in [3.8, 4) is 5.75 Å². The molecule has 0 aromatic heterocycles. The van der Waals surface area contributed by atoms with Gasteiger partial charge in [-0.1, -0.05) is 72.3 Å². The third-order valence-electron chi connectivity index (χ3n) is 8.25. The summed E-state index contributed by atoms with van der Waals surface area (Å²) in [6, 6.07) is 27.8. The Morgan fingerprint density at radius 3 is 1.82 bits per heavy atom. The fourth-order valence-corrected chi connectivity index (χ4v) is 6.92. The Labute approximate surface area is 230 Å². The number of halogens is 1. The molecule has 4 aliphatic rings. The van der Waals surface area contributed by atoms with Gasteiger partial charge in [0.2, 0.25) is 11.8 Å². The minimum Gasteiger partial charge on any atom is -0.495 e. The van der Waals surface area contributed by atoms with Crippen LogP contribution in [-0.2, 0) is 9.59 Å². The lowest BCUT2D eigenvalue weighted by atomic mass is 9.55. The zero-order valence-corrected chi connectivity index (χ0v) is 21.7. The Bertz CT molecular complexity index is 1580. The van der Waals surface area contributed by atoms with Crippen LogP contribution in [-0.4, -0.2) is 24.8 Å². The van der Waals surface area contributed by atoms with Crippen LogP contribution in [0.15, 0.2) is 91.0 Å². The minimum absolute atomic E-state index is 0.210. The first-order chi connectivity index (χ1) is 19.0. The van der Waals surface area contributed by atoms with Crippen LogP contribution in [0.5, 0.6) is 5.75 Å². The number of hydrogen-bond donors (Lipinski definition) is 1. The van der Waals surface area contributed by atoms with Gasteiger partial charge in [-0.15, -0.1) is 0 Å². The number of benzene rings is 4. The van der Waals surface area contributed by atoms with Crippen molar-refractivity contribution in [3.05, 3.63) is 124 Å². The molecule has 8 rings (SSSR count). The van der Waals surface area contributed by atoms with E-state index in [0.717, 1.165) is 22.3 Å². The average molecular weight is 535 g/mol. The highest BCUT2D eigenvalue weighted by Gasteiger charge is 2.62. The van der Waals surface area contributed by atoms with Crippen LogP contribution in [0.4, 0.5) is 11.4 Å². The molecule has 1 aliphatic heterocycles. The van der Waals surface area contributed by atoms with Gasteiger partial charge in [0.05, 0.1) is 35.9 Å². The molecule has 39 heavy (non-hydrogen) atoms. The number of rotatable bonds is 4. The van der Waals surface area contributed by atoms with Gasteiger partial charge in [-0.25, -0.2) is 4.90 Å². The Balaban J connectivity index is 1.31. The molecule has 192 valence electrons. The summed E-state index contributed by atoms with van der Waals surface area (Å²) in [6.07, 6.45) is 0. The molecule has 1 fully saturated rings. The van der Waals surface area contributed by atoms with Crippen molar-refractivity contribution in [2.45, 2.75) is 11.8 Å². The lowest BCUT2D eigenvalue weighted by Crippen LogP contribution is -2.41. The summed E-state index contributed by atoms with van der Waals surface area (Å²) in [4.78, 5) is 43.1. The number of amides is 3. The number of imide groups is 1. The molecule has 0 spiro atoms. The van der Waals surface area contributed by atoms with E-state index in [1.807, 2.05) is 24.3 Å². The largest absolute Gasteiger partial charge is 0.495 e. The van der Waals surface area contributed by atoms with E-state index in [2.05, 4.69) is 29.6 Å². The fourth-order valence-electron chi connectivity index (χ4n) is 6.74. The summed E-state index contributed by atoms with van der Waals surface area (Å²) in [7, 11) is 1.50. The topological polar surface area (TPSA) is 75.7 Å². The maximum Gasteiger partial charge on any atom is 0.257 e. The number of ether oxygens (including phenoxy) is 1. The van der Waals surface area contributed by atoms with Gasteiger partial charge >= 0.3 is 0 Å². The predicted molar refractivity (Wildman–Crippen MR) is 148 cm³/mol. The summed E-state index contributed by atoms with van der Waals surface area (Å²) in [5.74, 6) is -2.08. The zero-order valence-electron chi connectivity index (χ0n) is 20.9. The van der Waals surface area contributed by atoms with E-state index in [9.17, 15) is 14.4 Å². The van der Waals surface area contributed by atoms with E-state index in [0.29, 0.717) is 16.5 Å². The molecule has 0 radical (unpaired) electrons. The van der Waals surface area contributed by atoms with Crippen LogP contribution in [0.3, 0.4) is 0 Å². The molecule has 3 aliphatic carbocycles. The Morgan fingerprint density at radius 1 is 0.769 bits per heavy atom. The summed E-state index contributed by atoms with van der Waals surface area (Å²) in [5.41, 5.74) is 5.28. The van der Waals surface area contributed by atoms with Crippen molar-refractivity contribution in [3.63, 3.8) is 0 Å². The number of carbonyl (C=O) groups excluding carboxylic acids is 3. The number of nitrogens with zero attached hydrogens (tertiary/aromatic N) is 1. The first kappa shape index (κ1) is 23.7. The highest BCUT2D eigenvalue weighted by molar-refractivity contribution is 6.31. The van der Waals surface area contributed by atoms with Gasteiger partial charge in [0.1, 0.15) is 5.75 Å². The van der Waals surface area contributed by atoms with E-state index in [1.54, 1.807) is 42.5 Å². The van der Waals surface area contributed by atoms with Crippen LogP contribution >= 0.6 is 11.6 Å². The number of anilines is 2. The first-order valence-electron chi connectivity index (χ1n) is 12.8. The molecule has 4 aromatic carbocycles. The van der Waals surface area contributed by atoms with Crippen molar-refractivity contribution >= 4 is 40.7 Å². The standard InChI is InChI=1S/C32H23ClN2O4/c1-39-25-15-14-17(33)16-23(25)34-30(36)22-12-6-7-13-24(22)35-31(37)28-26-18-8-2-3-9-19(18)27(29(28)32(35)38)21-11-5-4-10-20(21)26/h2-16,26-29H,1H3,(H,34,36)/t26?,27?,28-,29+. The number of para-hydroxylation sites is 1. The third-order valence-corrected chi connectivity index (χ3v) is 8.48. The molecule has 6 nitrogen and oxygen atoms in total. The van der Waals surface area contributed by atoms with E-state index in [4.69, 9.17) is 16.3 Å². The lowest BCUT2D eigenvalue weighted by Gasteiger charge is -2.45. The second-order valence-corrected chi connectivity index (χ2v) is 10.5. The number of hydrogen-bond acceptors (Lipinski definition) is 4. The lowest BCUT2D eigenvalue weighted by molar-refractivity contribution is -0.122. The highest BCUT2D eigenvalue weighted by Crippen LogP contribution is 2.61. The predicted octanol–water partition coefficient (Wildman–Crippen LogP) is 6.00. The van der Waals surface area contributed by atoms with E-state index >= 15 is 0 Å². The minimum atomic E-state index is -0.531. The Morgan fingerprint density at radius 2 is 1.28 bits per heavy atom. The average Bonchev–Trinajstić information content (AvgIpc) is 3.23. The van der Waals surface area contributed by atoms with Gasteiger partial charge in [0.25, 0.3) is 5.91 Å². The maximum atomic E-state index is 14.2. The first-order valence-corrected chi connectivity index (χ1v) is 13.2. The summed E-state index contributed by atoms with van der Waals surface area (Å²) in [5, 5.41) is 3.27. The molecule has 0 unspecified atom stereocenters. The molecular weight excluding hydrogens is 512 g/mol. The zero-order chi connectivity index (χ0) is 26.8. The molecule has 1 saturated heterocycles. The number of carbonyl (C=O) groups is 3. The number of nitrogens with one attached hydrogen (secondary N) is 1. The Kier molecular flexibility index (Phi) is 5.35. The smallest absolute Gasteiger partial charge is 0.257 e. The highest BCUT2D eigenvalue weighted by atomic mass is 35.5. The maximum absolute atomic E-state index is 14.2. The molecule has 2 atom stereocenters. The molecule has 3 amide bonds. The van der Waals surface area contributed by atoms with Gasteiger partial charge in [-0.05, 0) is 52.6 Å². The van der Waals surface area contributed by atoms with Gasteiger partial charge in [0, 0.05) is 16.9 Å². The van der Waals surface area contributed by atoms with Crippen molar-refractivity contribution in [2.75, 3.05) is 17.3 Å². The second kappa shape index (κ2) is 8.82. The van der Waals surface area contributed by atoms with Crippen molar-refractivity contribution in [1.82, 2.24) is 0 Å². The van der Waals surface area contributed by atoms with Crippen molar-refractivity contribution < 1.29 is 19.1 Å².